The Labute approximate surface area is 107 Å². The molecule has 2 atom stereocenters. The summed E-state index contributed by atoms with van der Waals surface area (Å²) < 4.78 is 0.359. The summed E-state index contributed by atoms with van der Waals surface area (Å²) in [6.45, 7) is 8.95. The van der Waals surface area contributed by atoms with Crippen molar-refractivity contribution < 1.29 is 5.11 Å². The molecule has 0 saturated carbocycles. The van der Waals surface area contributed by atoms with Crippen molar-refractivity contribution in [2.75, 3.05) is 0 Å². The van der Waals surface area contributed by atoms with Crippen LogP contribution in [0.1, 0.15) is 17.2 Å². The van der Waals surface area contributed by atoms with Gasteiger partial charge in [0.15, 0.2) is 0 Å². The van der Waals surface area contributed by atoms with Crippen LogP contribution in [0.5, 0.6) is 0 Å². The molecule has 0 radical (unpaired) electrons. The van der Waals surface area contributed by atoms with Crippen molar-refractivity contribution in [3.63, 3.8) is 0 Å². The lowest BCUT2D eigenvalue weighted by Gasteiger charge is -2.28. The standard InChI is InChI=1S/C12H19IOSi/c1-9-5-7-10(8-6-9)11(14)12(13)15(2,3)4/h5-8,11-12,14H,1-4H3. The molecule has 84 valence electrons. The first-order chi connectivity index (χ1) is 6.82. The van der Waals surface area contributed by atoms with Crippen molar-refractivity contribution in [2.24, 2.45) is 0 Å². The highest BCUT2D eigenvalue weighted by Crippen LogP contribution is 2.30. The monoisotopic (exact) mass is 334 g/mol. The maximum Gasteiger partial charge on any atom is 0.0882 e. The van der Waals surface area contributed by atoms with Crippen LogP contribution in [0.15, 0.2) is 24.3 Å². The second-order valence-electron chi connectivity index (χ2n) is 5.12. The van der Waals surface area contributed by atoms with Crippen LogP contribution in [0.25, 0.3) is 0 Å². The van der Waals surface area contributed by atoms with Gasteiger partial charge in [-0.15, -0.1) is 0 Å². The molecule has 0 amide bonds. The molecule has 0 saturated heterocycles. The highest BCUT2D eigenvalue weighted by atomic mass is 127. The Bertz CT molecular complexity index is 315. The number of aliphatic hydroxyl groups is 1. The fourth-order valence-electron chi connectivity index (χ4n) is 1.41. The number of benzene rings is 1. The highest BCUT2D eigenvalue weighted by Gasteiger charge is 2.31. The average molecular weight is 334 g/mol. The van der Waals surface area contributed by atoms with E-state index in [0.29, 0.717) is 3.55 Å². The van der Waals surface area contributed by atoms with Gasteiger partial charge in [0.25, 0.3) is 0 Å². The van der Waals surface area contributed by atoms with Crippen LogP contribution in [0.2, 0.25) is 19.6 Å². The molecule has 0 aliphatic carbocycles. The molecular formula is C12H19IOSi. The van der Waals surface area contributed by atoms with Crippen LogP contribution >= 0.6 is 22.6 Å². The third-order valence-corrected chi connectivity index (χ3v) is 10.8. The van der Waals surface area contributed by atoms with Gasteiger partial charge in [-0.05, 0) is 12.5 Å². The first-order valence-electron chi connectivity index (χ1n) is 5.21. The van der Waals surface area contributed by atoms with Crippen molar-refractivity contribution in [3.05, 3.63) is 35.4 Å². The van der Waals surface area contributed by atoms with E-state index in [1.54, 1.807) is 0 Å². The molecule has 1 nitrogen and oxygen atoms in total. The molecule has 0 aliphatic heterocycles. The zero-order valence-corrected chi connectivity index (χ0v) is 12.9. The first-order valence-corrected chi connectivity index (χ1v) is 10.0. The van der Waals surface area contributed by atoms with E-state index in [0.717, 1.165) is 5.56 Å². The number of halogens is 1. The molecule has 0 spiro atoms. The molecule has 3 heteroatoms. The number of hydrogen-bond donors (Lipinski definition) is 1. The minimum atomic E-state index is -1.28. The molecule has 0 heterocycles. The van der Waals surface area contributed by atoms with Gasteiger partial charge in [0.1, 0.15) is 0 Å². The first kappa shape index (κ1) is 13.2. The highest BCUT2D eigenvalue weighted by molar-refractivity contribution is 14.1. The smallest absolute Gasteiger partial charge is 0.0882 e. The Balaban J connectivity index is 2.85. The quantitative estimate of drug-likeness (QED) is 0.508. The Morgan fingerprint density at radius 2 is 1.60 bits per heavy atom. The predicted octanol–water partition coefficient (Wildman–Crippen LogP) is 3.71. The maximum atomic E-state index is 10.2. The van der Waals surface area contributed by atoms with E-state index < -0.39 is 8.07 Å². The number of rotatable bonds is 3. The van der Waals surface area contributed by atoms with E-state index in [9.17, 15) is 5.11 Å². The van der Waals surface area contributed by atoms with Gasteiger partial charge in [0, 0.05) is 3.55 Å². The number of aliphatic hydroxyl groups excluding tert-OH is 1. The van der Waals surface area contributed by atoms with E-state index in [-0.39, 0.29) is 6.10 Å². The fraction of sp³-hybridized carbons (Fsp3) is 0.500. The average Bonchev–Trinajstić information content (AvgIpc) is 2.15. The summed E-state index contributed by atoms with van der Waals surface area (Å²) >= 11 is 2.40. The zero-order valence-electron chi connectivity index (χ0n) is 9.79. The third-order valence-electron chi connectivity index (χ3n) is 2.52. The van der Waals surface area contributed by atoms with Gasteiger partial charge in [0.05, 0.1) is 14.2 Å². The van der Waals surface area contributed by atoms with E-state index in [2.05, 4.69) is 61.3 Å². The lowest BCUT2D eigenvalue weighted by Crippen LogP contribution is -2.37. The van der Waals surface area contributed by atoms with Crippen LogP contribution in [-0.4, -0.2) is 16.7 Å². The van der Waals surface area contributed by atoms with Crippen molar-refractivity contribution >= 4 is 30.7 Å². The van der Waals surface area contributed by atoms with Crippen LogP contribution in [0, 0.1) is 6.92 Å². The number of alkyl halides is 1. The summed E-state index contributed by atoms with van der Waals surface area (Å²) in [6, 6.07) is 8.19. The Morgan fingerprint density at radius 1 is 1.13 bits per heavy atom. The normalized spacial score (nSPS) is 16.1. The second kappa shape index (κ2) is 4.97. The maximum absolute atomic E-state index is 10.2. The number of aryl methyl sites for hydroxylation is 1. The summed E-state index contributed by atoms with van der Waals surface area (Å²) in [7, 11) is -1.28. The summed E-state index contributed by atoms with van der Waals surface area (Å²) in [5, 5.41) is 10.2. The molecule has 2 unspecified atom stereocenters. The van der Waals surface area contributed by atoms with Gasteiger partial charge >= 0.3 is 0 Å². The van der Waals surface area contributed by atoms with Crippen molar-refractivity contribution in [3.8, 4) is 0 Å². The van der Waals surface area contributed by atoms with E-state index in [1.807, 2.05) is 12.1 Å². The van der Waals surface area contributed by atoms with Crippen LogP contribution in [0.3, 0.4) is 0 Å². The molecule has 1 aromatic rings. The molecule has 0 aromatic heterocycles. The predicted molar refractivity (Wildman–Crippen MR) is 77.3 cm³/mol. The molecule has 0 fully saturated rings. The Morgan fingerprint density at radius 3 is 2.00 bits per heavy atom. The van der Waals surface area contributed by atoms with Gasteiger partial charge in [-0.1, -0.05) is 72.1 Å². The Hall–Kier alpha value is 0.127. The van der Waals surface area contributed by atoms with Crippen molar-refractivity contribution in [2.45, 2.75) is 36.2 Å². The van der Waals surface area contributed by atoms with E-state index in [1.165, 1.54) is 5.56 Å². The molecule has 1 rings (SSSR count). The molecule has 1 N–H and O–H groups in total. The largest absolute Gasteiger partial charge is 0.388 e. The summed E-state index contributed by atoms with van der Waals surface area (Å²) in [4.78, 5) is 0. The summed E-state index contributed by atoms with van der Waals surface area (Å²) in [5.74, 6) is 0. The second-order valence-corrected chi connectivity index (χ2v) is 13.0. The lowest BCUT2D eigenvalue weighted by molar-refractivity contribution is 0.195. The summed E-state index contributed by atoms with van der Waals surface area (Å²) in [5.41, 5.74) is 2.28. The molecule has 0 bridgehead atoms. The minimum Gasteiger partial charge on any atom is -0.388 e. The Kier molecular flexibility index (Phi) is 4.37. The molecule has 1 aromatic carbocycles. The minimum absolute atomic E-state index is 0.321. The van der Waals surface area contributed by atoms with Gasteiger partial charge in [-0.3, -0.25) is 0 Å². The van der Waals surface area contributed by atoms with Gasteiger partial charge in [-0.2, -0.15) is 0 Å². The molecule has 15 heavy (non-hydrogen) atoms. The molecular weight excluding hydrogens is 315 g/mol. The lowest BCUT2D eigenvalue weighted by atomic mass is 10.1. The van der Waals surface area contributed by atoms with Crippen LogP contribution in [0.4, 0.5) is 0 Å². The topological polar surface area (TPSA) is 20.2 Å². The third kappa shape index (κ3) is 3.57. The van der Waals surface area contributed by atoms with Gasteiger partial charge in [-0.25, -0.2) is 0 Å². The van der Waals surface area contributed by atoms with E-state index in [4.69, 9.17) is 0 Å². The van der Waals surface area contributed by atoms with Crippen molar-refractivity contribution in [1.82, 2.24) is 0 Å². The van der Waals surface area contributed by atoms with E-state index >= 15 is 0 Å². The van der Waals surface area contributed by atoms with Gasteiger partial charge < -0.3 is 5.11 Å². The number of hydrogen-bond acceptors (Lipinski definition) is 1. The van der Waals surface area contributed by atoms with Crippen LogP contribution in [-0.2, 0) is 0 Å². The zero-order chi connectivity index (χ0) is 11.6. The van der Waals surface area contributed by atoms with Crippen LogP contribution < -0.4 is 0 Å². The molecule has 0 aliphatic rings. The summed E-state index contributed by atoms with van der Waals surface area (Å²) in [6.07, 6.45) is -0.321. The van der Waals surface area contributed by atoms with Gasteiger partial charge in [0.2, 0.25) is 0 Å². The fourth-order valence-corrected chi connectivity index (χ4v) is 2.96. The van der Waals surface area contributed by atoms with Crippen molar-refractivity contribution in [1.29, 1.82) is 0 Å². The SMILES string of the molecule is Cc1ccc(C(O)C(I)[Si](C)(C)C)cc1.